The van der Waals surface area contributed by atoms with Gasteiger partial charge in [-0.25, -0.2) is 0 Å². The van der Waals surface area contributed by atoms with Crippen LogP contribution in [0.15, 0.2) is 60.2 Å². The van der Waals surface area contributed by atoms with Crippen molar-refractivity contribution in [1.82, 2.24) is 0 Å². The molecule has 0 saturated heterocycles. The maximum absolute atomic E-state index is 6.25. The molecular formula is C19H17NS. The molecule has 21 heavy (non-hydrogen) atoms. The molecule has 0 saturated carbocycles. The van der Waals surface area contributed by atoms with E-state index in [4.69, 9.17) is 5.73 Å². The summed E-state index contributed by atoms with van der Waals surface area (Å²) < 4.78 is 2.63. The first-order valence-electron chi connectivity index (χ1n) is 7.36. The summed E-state index contributed by atoms with van der Waals surface area (Å²) in [4.78, 5) is 0. The minimum atomic E-state index is 0.892. The number of benzene rings is 2. The van der Waals surface area contributed by atoms with Gasteiger partial charge in [0.2, 0.25) is 0 Å². The van der Waals surface area contributed by atoms with Crippen molar-refractivity contribution in [1.29, 1.82) is 0 Å². The summed E-state index contributed by atoms with van der Waals surface area (Å²) in [6.45, 7) is 0. The highest BCUT2D eigenvalue weighted by atomic mass is 32.1. The zero-order valence-electron chi connectivity index (χ0n) is 11.8. The average molecular weight is 291 g/mol. The Labute approximate surface area is 128 Å². The Morgan fingerprint density at radius 3 is 2.62 bits per heavy atom. The second-order valence-electron chi connectivity index (χ2n) is 5.58. The SMILES string of the molecule is Nc1cccc2sc3cccc(CC4=CC=CCC4)c3c12. The molecule has 0 aliphatic heterocycles. The summed E-state index contributed by atoms with van der Waals surface area (Å²) >= 11 is 1.84. The van der Waals surface area contributed by atoms with Crippen molar-refractivity contribution >= 4 is 37.2 Å². The molecule has 2 heteroatoms. The number of rotatable bonds is 2. The van der Waals surface area contributed by atoms with Gasteiger partial charge >= 0.3 is 0 Å². The summed E-state index contributed by atoms with van der Waals surface area (Å²) in [6.07, 6.45) is 10.0. The molecule has 1 aromatic heterocycles. The normalized spacial score (nSPS) is 14.8. The van der Waals surface area contributed by atoms with Crippen LogP contribution in [0.25, 0.3) is 20.2 Å². The fourth-order valence-electron chi connectivity index (χ4n) is 3.16. The van der Waals surface area contributed by atoms with E-state index in [0.29, 0.717) is 0 Å². The molecule has 1 heterocycles. The van der Waals surface area contributed by atoms with Crippen LogP contribution < -0.4 is 5.73 Å². The third-order valence-corrected chi connectivity index (χ3v) is 5.28. The van der Waals surface area contributed by atoms with Gasteiger partial charge in [-0.15, -0.1) is 11.3 Å². The van der Waals surface area contributed by atoms with Crippen LogP contribution in [0.1, 0.15) is 18.4 Å². The van der Waals surface area contributed by atoms with Crippen molar-refractivity contribution in [3.05, 3.63) is 65.8 Å². The Morgan fingerprint density at radius 2 is 1.81 bits per heavy atom. The molecule has 4 rings (SSSR count). The second-order valence-corrected chi connectivity index (χ2v) is 6.67. The number of thiophene rings is 1. The lowest BCUT2D eigenvalue weighted by molar-refractivity contribution is 0.914. The van der Waals surface area contributed by atoms with E-state index in [9.17, 15) is 0 Å². The number of fused-ring (bicyclic) bond motifs is 3. The van der Waals surface area contributed by atoms with Gasteiger partial charge in [-0.2, -0.15) is 0 Å². The largest absolute Gasteiger partial charge is 0.398 e. The van der Waals surface area contributed by atoms with Crippen LogP contribution in [0.3, 0.4) is 0 Å². The molecule has 1 nitrogen and oxygen atoms in total. The minimum Gasteiger partial charge on any atom is -0.398 e. The summed E-state index contributed by atoms with van der Waals surface area (Å²) in [7, 11) is 0. The number of nitrogens with two attached hydrogens (primary N) is 1. The van der Waals surface area contributed by atoms with Crippen LogP contribution in [0.5, 0.6) is 0 Å². The van der Waals surface area contributed by atoms with Crippen molar-refractivity contribution in [3.8, 4) is 0 Å². The highest BCUT2D eigenvalue weighted by molar-refractivity contribution is 7.26. The molecule has 1 aliphatic rings. The van der Waals surface area contributed by atoms with Crippen LogP contribution in [0, 0.1) is 0 Å². The quantitative estimate of drug-likeness (QED) is 0.624. The number of nitrogen functional groups attached to an aromatic ring is 1. The van der Waals surface area contributed by atoms with Crippen LogP contribution in [0.2, 0.25) is 0 Å². The monoisotopic (exact) mass is 291 g/mol. The maximum Gasteiger partial charge on any atom is 0.0408 e. The Balaban J connectivity index is 1.94. The van der Waals surface area contributed by atoms with Gasteiger partial charge in [-0.1, -0.05) is 42.0 Å². The van der Waals surface area contributed by atoms with E-state index in [2.05, 4.69) is 42.5 Å². The highest BCUT2D eigenvalue weighted by Crippen LogP contribution is 2.39. The maximum atomic E-state index is 6.25. The molecular weight excluding hydrogens is 274 g/mol. The lowest BCUT2D eigenvalue weighted by atomic mass is 9.94. The predicted octanol–water partition coefficient (Wildman–Crippen LogP) is 5.46. The van der Waals surface area contributed by atoms with E-state index in [1.165, 1.54) is 37.7 Å². The molecule has 104 valence electrons. The lowest BCUT2D eigenvalue weighted by Gasteiger charge is -2.10. The van der Waals surface area contributed by atoms with Crippen LogP contribution in [0.4, 0.5) is 5.69 Å². The van der Waals surface area contributed by atoms with E-state index in [1.54, 1.807) is 0 Å². The zero-order chi connectivity index (χ0) is 14.2. The Hall–Kier alpha value is -2.06. The Kier molecular flexibility index (Phi) is 3.04. The van der Waals surface area contributed by atoms with Gasteiger partial charge in [0.1, 0.15) is 0 Å². The van der Waals surface area contributed by atoms with Crippen LogP contribution >= 0.6 is 11.3 Å². The van der Waals surface area contributed by atoms with Crippen molar-refractivity contribution in [2.24, 2.45) is 0 Å². The minimum absolute atomic E-state index is 0.892. The summed E-state index contributed by atoms with van der Waals surface area (Å²) in [5.74, 6) is 0. The van der Waals surface area contributed by atoms with Gasteiger partial charge in [0.15, 0.2) is 0 Å². The lowest BCUT2D eigenvalue weighted by Crippen LogP contribution is -1.94. The van der Waals surface area contributed by atoms with Gasteiger partial charge in [-0.05, 0) is 43.0 Å². The van der Waals surface area contributed by atoms with Gasteiger partial charge < -0.3 is 5.73 Å². The van der Waals surface area contributed by atoms with E-state index >= 15 is 0 Å². The van der Waals surface area contributed by atoms with Crippen molar-refractivity contribution in [2.45, 2.75) is 19.3 Å². The van der Waals surface area contributed by atoms with Gasteiger partial charge in [0, 0.05) is 25.9 Å². The number of hydrogen-bond donors (Lipinski definition) is 1. The van der Waals surface area contributed by atoms with Crippen molar-refractivity contribution in [3.63, 3.8) is 0 Å². The zero-order valence-corrected chi connectivity index (χ0v) is 12.6. The average Bonchev–Trinajstić information content (AvgIpc) is 2.89. The predicted molar refractivity (Wildman–Crippen MR) is 93.9 cm³/mol. The molecule has 0 amide bonds. The van der Waals surface area contributed by atoms with Crippen molar-refractivity contribution in [2.75, 3.05) is 5.73 Å². The molecule has 1 aliphatic carbocycles. The fraction of sp³-hybridized carbons (Fsp3) is 0.158. The van der Waals surface area contributed by atoms with Crippen molar-refractivity contribution < 1.29 is 0 Å². The van der Waals surface area contributed by atoms with E-state index in [-0.39, 0.29) is 0 Å². The van der Waals surface area contributed by atoms with Gasteiger partial charge in [0.25, 0.3) is 0 Å². The van der Waals surface area contributed by atoms with E-state index < -0.39 is 0 Å². The molecule has 0 bridgehead atoms. The first-order valence-corrected chi connectivity index (χ1v) is 8.18. The third kappa shape index (κ3) is 2.16. The number of hydrogen-bond acceptors (Lipinski definition) is 2. The molecule has 0 unspecified atom stereocenters. The van der Waals surface area contributed by atoms with Crippen LogP contribution in [-0.4, -0.2) is 0 Å². The van der Waals surface area contributed by atoms with Crippen LogP contribution in [-0.2, 0) is 6.42 Å². The summed E-state index contributed by atoms with van der Waals surface area (Å²) in [5, 5.41) is 2.59. The third-order valence-electron chi connectivity index (χ3n) is 4.16. The highest BCUT2D eigenvalue weighted by Gasteiger charge is 2.12. The Morgan fingerprint density at radius 1 is 1.00 bits per heavy atom. The second kappa shape index (κ2) is 5.05. The standard InChI is InChI=1S/C19H17NS/c20-15-9-5-11-17-19(15)18-14(8-4-10-16(18)21-17)12-13-6-2-1-3-7-13/h1-2,4-6,8-11H,3,7,12,20H2. The first kappa shape index (κ1) is 12.7. The van der Waals surface area contributed by atoms with E-state index in [1.807, 2.05) is 23.5 Å². The van der Waals surface area contributed by atoms with Gasteiger partial charge in [-0.3, -0.25) is 0 Å². The first-order chi connectivity index (χ1) is 10.3. The molecule has 0 atom stereocenters. The number of anilines is 1. The smallest absolute Gasteiger partial charge is 0.0408 e. The molecule has 0 radical (unpaired) electrons. The van der Waals surface area contributed by atoms with Gasteiger partial charge in [0.05, 0.1) is 0 Å². The summed E-state index contributed by atoms with van der Waals surface area (Å²) in [5.41, 5.74) is 10.1. The van der Waals surface area contributed by atoms with E-state index in [0.717, 1.165) is 18.5 Å². The topological polar surface area (TPSA) is 26.0 Å². The molecule has 2 N–H and O–H groups in total. The fourth-order valence-corrected chi connectivity index (χ4v) is 4.34. The number of allylic oxidation sites excluding steroid dienone is 4. The molecule has 0 fully saturated rings. The summed E-state index contributed by atoms with van der Waals surface area (Å²) in [6, 6.07) is 12.8. The molecule has 3 aromatic rings. The molecule has 2 aromatic carbocycles. The molecule has 0 spiro atoms. The Bertz CT molecular complexity index is 883.